The Morgan fingerprint density at radius 1 is 1.29 bits per heavy atom. The zero-order chi connectivity index (χ0) is 12.8. The number of carbonyl (C=O) groups excluding carboxylic acids is 1. The van der Waals surface area contributed by atoms with Crippen LogP contribution in [0.5, 0.6) is 0 Å². The van der Waals surface area contributed by atoms with E-state index in [-0.39, 0.29) is 0 Å². The summed E-state index contributed by atoms with van der Waals surface area (Å²) in [5, 5.41) is 19.6. The molecule has 1 aromatic rings. The fraction of sp³-hybridized carbons (Fsp3) is 0.273. The highest BCUT2D eigenvalue weighted by Gasteiger charge is 2.23. The maximum absolute atomic E-state index is 11.6. The molecule has 0 saturated carbocycles. The summed E-state index contributed by atoms with van der Waals surface area (Å²) in [6.07, 6.45) is 0. The molecule has 6 nitrogen and oxygen atoms in total. The summed E-state index contributed by atoms with van der Waals surface area (Å²) >= 11 is 0. The average Bonchev–Trinajstić information content (AvgIpc) is 2.35. The van der Waals surface area contributed by atoms with E-state index in [1.165, 1.54) is 0 Å². The van der Waals surface area contributed by atoms with Gasteiger partial charge in [0.2, 0.25) is 5.91 Å². The molecule has 0 heterocycles. The maximum atomic E-state index is 11.6. The summed E-state index contributed by atoms with van der Waals surface area (Å²) in [4.78, 5) is 22.2. The molecule has 0 aliphatic rings. The molecule has 0 aliphatic heterocycles. The van der Waals surface area contributed by atoms with Gasteiger partial charge in [-0.3, -0.25) is 4.79 Å². The van der Waals surface area contributed by atoms with Crippen molar-refractivity contribution in [2.45, 2.75) is 12.1 Å². The van der Waals surface area contributed by atoms with Crippen molar-refractivity contribution < 1.29 is 19.8 Å². The number of aliphatic hydroxyl groups is 1. The number of rotatable bonds is 5. The van der Waals surface area contributed by atoms with Crippen LogP contribution < -0.4 is 11.1 Å². The first-order valence-corrected chi connectivity index (χ1v) is 5.01. The quantitative estimate of drug-likeness (QED) is 0.539. The second kappa shape index (κ2) is 5.97. The summed E-state index contributed by atoms with van der Waals surface area (Å²) < 4.78 is 0. The molecule has 0 spiro atoms. The molecule has 0 bridgehead atoms. The van der Waals surface area contributed by atoms with Gasteiger partial charge in [-0.2, -0.15) is 0 Å². The Bertz CT molecular complexity index is 394. The van der Waals surface area contributed by atoms with Crippen molar-refractivity contribution in [2.24, 2.45) is 5.73 Å². The van der Waals surface area contributed by atoms with Gasteiger partial charge >= 0.3 is 5.97 Å². The molecule has 0 aliphatic carbocycles. The molecular weight excluding hydrogens is 224 g/mol. The molecule has 2 atom stereocenters. The predicted octanol–water partition coefficient (Wildman–Crippen LogP) is -0.752. The van der Waals surface area contributed by atoms with Gasteiger partial charge in [0.05, 0.1) is 6.61 Å². The highest BCUT2D eigenvalue weighted by atomic mass is 16.4. The van der Waals surface area contributed by atoms with E-state index in [2.05, 4.69) is 5.32 Å². The van der Waals surface area contributed by atoms with E-state index in [1.807, 2.05) is 0 Å². The van der Waals surface area contributed by atoms with Gasteiger partial charge in [0.25, 0.3) is 0 Å². The highest BCUT2D eigenvalue weighted by molar-refractivity contribution is 5.87. The van der Waals surface area contributed by atoms with E-state index in [9.17, 15) is 9.59 Å². The number of nitrogens with one attached hydrogen (secondary N) is 1. The largest absolute Gasteiger partial charge is 0.480 e. The molecule has 0 radical (unpaired) electrons. The fourth-order valence-electron chi connectivity index (χ4n) is 1.26. The second-order valence-corrected chi connectivity index (χ2v) is 3.47. The maximum Gasteiger partial charge on any atom is 0.328 e. The van der Waals surface area contributed by atoms with Crippen molar-refractivity contribution in [1.82, 2.24) is 5.32 Å². The molecule has 2 unspecified atom stereocenters. The number of amides is 1. The van der Waals surface area contributed by atoms with Crippen LogP contribution in [0.4, 0.5) is 0 Å². The molecule has 0 aromatic heterocycles. The fourth-order valence-corrected chi connectivity index (χ4v) is 1.26. The van der Waals surface area contributed by atoms with Crippen LogP contribution in [0.15, 0.2) is 30.3 Å². The van der Waals surface area contributed by atoms with E-state index >= 15 is 0 Å². The lowest BCUT2D eigenvalue weighted by Crippen LogP contribution is -2.46. The number of carboxylic acid groups (broad SMARTS) is 1. The van der Waals surface area contributed by atoms with Crippen LogP contribution in [0.3, 0.4) is 0 Å². The number of nitrogens with two attached hydrogens (primary N) is 1. The van der Waals surface area contributed by atoms with E-state index < -0.39 is 30.6 Å². The summed E-state index contributed by atoms with van der Waals surface area (Å²) in [6, 6.07) is 6.27. The van der Waals surface area contributed by atoms with E-state index in [4.69, 9.17) is 15.9 Å². The SMILES string of the molecule is NC(C(=O)NC(CO)C(=O)O)c1ccccc1. The van der Waals surface area contributed by atoms with E-state index in [0.29, 0.717) is 5.56 Å². The van der Waals surface area contributed by atoms with E-state index in [0.717, 1.165) is 0 Å². The molecule has 5 N–H and O–H groups in total. The Hall–Kier alpha value is -1.92. The van der Waals surface area contributed by atoms with Gasteiger partial charge in [0, 0.05) is 0 Å². The summed E-state index contributed by atoms with van der Waals surface area (Å²) in [5.41, 5.74) is 6.23. The average molecular weight is 238 g/mol. The Kier molecular flexibility index (Phi) is 4.62. The molecule has 1 amide bonds. The van der Waals surface area contributed by atoms with Gasteiger partial charge in [0.1, 0.15) is 12.1 Å². The number of carboxylic acids is 1. The van der Waals surface area contributed by atoms with Crippen molar-refractivity contribution in [3.63, 3.8) is 0 Å². The smallest absolute Gasteiger partial charge is 0.328 e. The van der Waals surface area contributed by atoms with Crippen molar-refractivity contribution >= 4 is 11.9 Å². The van der Waals surface area contributed by atoms with Gasteiger partial charge in [-0.25, -0.2) is 4.79 Å². The molecule has 6 heteroatoms. The Balaban J connectivity index is 2.68. The highest BCUT2D eigenvalue weighted by Crippen LogP contribution is 2.09. The standard InChI is InChI=1S/C11H14N2O4/c12-9(7-4-2-1-3-5-7)10(15)13-8(6-14)11(16)17/h1-5,8-9,14H,6,12H2,(H,13,15)(H,16,17). The van der Waals surface area contributed by atoms with Crippen LogP contribution in [-0.4, -0.2) is 34.7 Å². The number of hydrogen-bond donors (Lipinski definition) is 4. The first-order chi connectivity index (χ1) is 8.06. The van der Waals surface area contributed by atoms with Crippen LogP contribution in [0.25, 0.3) is 0 Å². The van der Waals surface area contributed by atoms with Crippen LogP contribution in [-0.2, 0) is 9.59 Å². The van der Waals surface area contributed by atoms with Crippen LogP contribution in [0.2, 0.25) is 0 Å². The zero-order valence-corrected chi connectivity index (χ0v) is 9.04. The van der Waals surface area contributed by atoms with Gasteiger partial charge < -0.3 is 21.3 Å². The van der Waals surface area contributed by atoms with Crippen molar-refractivity contribution in [1.29, 1.82) is 0 Å². The monoisotopic (exact) mass is 238 g/mol. The van der Waals surface area contributed by atoms with Crippen LogP contribution in [0.1, 0.15) is 11.6 Å². The van der Waals surface area contributed by atoms with E-state index in [1.54, 1.807) is 30.3 Å². The first-order valence-electron chi connectivity index (χ1n) is 5.01. The molecule has 17 heavy (non-hydrogen) atoms. The van der Waals surface area contributed by atoms with Crippen molar-refractivity contribution in [3.05, 3.63) is 35.9 Å². The number of aliphatic hydroxyl groups excluding tert-OH is 1. The second-order valence-electron chi connectivity index (χ2n) is 3.47. The molecule has 0 fully saturated rings. The van der Waals surface area contributed by atoms with Gasteiger partial charge in [-0.1, -0.05) is 30.3 Å². The minimum Gasteiger partial charge on any atom is -0.480 e. The number of carbonyl (C=O) groups is 2. The van der Waals surface area contributed by atoms with Crippen LogP contribution >= 0.6 is 0 Å². The lowest BCUT2D eigenvalue weighted by molar-refractivity contribution is -0.143. The lowest BCUT2D eigenvalue weighted by atomic mass is 10.1. The van der Waals surface area contributed by atoms with Gasteiger partial charge in [0.15, 0.2) is 0 Å². The molecule has 1 rings (SSSR count). The molecule has 0 saturated heterocycles. The van der Waals surface area contributed by atoms with Crippen molar-refractivity contribution in [3.8, 4) is 0 Å². The number of aliphatic carboxylic acids is 1. The first kappa shape index (κ1) is 13.1. The third-order valence-corrected chi connectivity index (χ3v) is 2.24. The van der Waals surface area contributed by atoms with Crippen molar-refractivity contribution in [2.75, 3.05) is 6.61 Å². The normalized spacial score (nSPS) is 13.8. The molecular formula is C11H14N2O4. The number of benzene rings is 1. The van der Waals surface area contributed by atoms with Gasteiger partial charge in [-0.15, -0.1) is 0 Å². The number of hydrogen-bond acceptors (Lipinski definition) is 4. The minimum atomic E-state index is -1.34. The topological polar surface area (TPSA) is 113 Å². The minimum absolute atomic E-state index is 0.576. The van der Waals surface area contributed by atoms with Gasteiger partial charge in [-0.05, 0) is 5.56 Å². The molecule has 1 aromatic carbocycles. The third-order valence-electron chi connectivity index (χ3n) is 2.24. The Morgan fingerprint density at radius 3 is 2.35 bits per heavy atom. The summed E-state index contributed by atoms with van der Waals surface area (Å²) in [6.45, 7) is -0.678. The predicted molar refractivity (Wildman–Crippen MR) is 60.0 cm³/mol. The lowest BCUT2D eigenvalue weighted by Gasteiger charge is -2.16. The Morgan fingerprint density at radius 2 is 1.88 bits per heavy atom. The molecule has 92 valence electrons. The van der Waals surface area contributed by atoms with Crippen LogP contribution in [0, 0.1) is 0 Å². The zero-order valence-electron chi connectivity index (χ0n) is 9.04. The Labute approximate surface area is 98.1 Å². The summed E-state index contributed by atoms with van der Waals surface area (Å²) in [5.74, 6) is -1.95. The third kappa shape index (κ3) is 3.54. The summed E-state index contributed by atoms with van der Waals surface area (Å²) in [7, 11) is 0.